The second kappa shape index (κ2) is 20.6. The zero-order valence-corrected chi connectivity index (χ0v) is 19.1. The van der Waals surface area contributed by atoms with Gasteiger partial charge in [-0.05, 0) is 76.3 Å². The second-order valence-corrected chi connectivity index (χ2v) is 7.28. The van der Waals surface area contributed by atoms with Gasteiger partial charge in [-0.1, -0.05) is 63.3 Å². The molecule has 0 saturated heterocycles. The molecule has 1 aromatic rings. The molecule has 0 atom stereocenters. The van der Waals surface area contributed by atoms with E-state index in [2.05, 4.69) is 63.5 Å². The minimum atomic E-state index is -0.521. The Balaban J connectivity index is 0. The number of allylic oxidation sites excluding steroid dienone is 4. The Kier molecular flexibility index (Phi) is 20.6. The number of rotatable bonds is 10. The molecule has 1 rings (SSSR count). The molecule has 0 fully saturated rings. The van der Waals surface area contributed by atoms with Crippen LogP contribution in [0.25, 0.3) is 0 Å². The van der Waals surface area contributed by atoms with E-state index in [0.29, 0.717) is 5.56 Å². The minimum absolute atomic E-state index is 0.521. The molecule has 0 saturated carbocycles. The summed E-state index contributed by atoms with van der Waals surface area (Å²) in [5.41, 5.74) is 1.83. The van der Waals surface area contributed by atoms with Crippen molar-refractivity contribution in [1.29, 1.82) is 0 Å². The van der Waals surface area contributed by atoms with Gasteiger partial charge in [0.25, 0.3) is 0 Å². The van der Waals surface area contributed by atoms with E-state index in [1.807, 2.05) is 6.92 Å². The van der Waals surface area contributed by atoms with Crippen molar-refractivity contribution in [2.75, 3.05) is 6.54 Å². The first kappa shape index (κ1) is 29.0. The van der Waals surface area contributed by atoms with Crippen LogP contribution in [0.2, 0.25) is 0 Å². The maximum absolute atomic E-state index is 12.2. The summed E-state index contributed by atoms with van der Waals surface area (Å²) in [6.07, 6.45) is 16.4. The van der Waals surface area contributed by atoms with Crippen LogP contribution in [0.1, 0.15) is 65.4 Å². The molecule has 0 unspecified atom stereocenters. The van der Waals surface area contributed by atoms with Gasteiger partial charge >= 0.3 is 0 Å². The average molecular weight is 406 g/mol. The maximum atomic E-state index is 12.2. The van der Waals surface area contributed by atoms with Crippen molar-refractivity contribution >= 4 is 0 Å². The van der Waals surface area contributed by atoms with Crippen LogP contribution in [0.4, 0.5) is 8.78 Å². The quantitative estimate of drug-likeness (QED) is 0.305. The molecule has 0 aromatic heterocycles. The second-order valence-electron chi connectivity index (χ2n) is 7.28. The smallest absolute Gasteiger partial charge is 0.126 e. The molecule has 1 N–H and O–H groups in total. The normalized spacial score (nSPS) is 10.3. The highest BCUT2D eigenvalue weighted by molar-refractivity contribution is 5.15. The van der Waals surface area contributed by atoms with E-state index in [0.717, 1.165) is 31.4 Å². The molecule has 0 bridgehead atoms. The molecule has 0 heterocycles. The average Bonchev–Trinajstić information content (AvgIpc) is 2.63. The molecule has 0 spiro atoms. The Labute approximate surface area is 178 Å². The lowest BCUT2D eigenvalue weighted by Crippen LogP contribution is -2.07. The largest absolute Gasteiger partial charge is 0.388 e. The summed E-state index contributed by atoms with van der Waals surface area (Å²) in [6, 6.07) is 3.42. The van der Waals surface area contributed by atoms with E-state index in [9.17, 15) is 8.78 Å². The van der Waals surface area contributed by atoms with E-state index < -0.39 is 11.6 Å². The number of benzene rings is 1. The first-order valence-corrected chi connectivity index (χ1v) is 10.4. The number of unbranched alkanes of at least 4 members (excludes halogenated alkanes) is 1. The molecule has 164 valence electrons. The van der Waals surface area contributed by atoms with Crippen LogP contribution in [0.3, 0.4) is 0 Å². The maximum Gasteiger partial charge on any atom is 0.126 e. The highest BCUT2D eigenvalue weighted by Gasteiger charge is 1.94. The minimum Gasteiger partial charge on any atom is -0.388 e. The van der Waals surface area contributed by atoms with Gasteiger partial charge in [0.15, 0.2) is 0 Å². The third-order valence-corrected chi connectivity index (χ3v) is 3.79. The molecule has 29 heavy (non-hydrogen) atoms. The Morgan fingerprint density at radius 3 is 2.03 bits per heavy atom. The highest BCUT2D eigenvalue weighted by atomic mass is 19.1. The fraction of sp³-hybridized carbons (Fsp3) is 0.462. The molecule has 0 radical (unpaired) electrons. The number of hydrogen-bond acceptors (Lipinski definition) is 1. The molecule has 0 aliphatic heterocycles. The van der Waals surface area contributed by atoms with Crippen molar-refractivity contribution in [2.45, 2.75) is 66.7 Å². The van der Waals surface area contributed by atoms with E-state index in [1.54, 1.807) is 13.1 Å². The van der Waals surface area contributed by atoms with Crippen molar-refractivity contribution in [1.82, 2.24) is 5.32 Å². The van der Waals surface area contributed by atoms with Crippen LogP contribution < -0.4 is 5.32 Å². The Morgan fingerprint density at radius 2 is 1.59 bits per heavy atom. The van der Waals surface area contributed by atoms with Gasteiger partial charge in [0, 0.05) is 12.6 Å². The van der Waals surface area contributed by atoms with Crippen LogP contribution in [-0.2, 0) is 0 Å². The Hall–Kier alpha value is -2.16. The molecule has 3 heteroatoms. The lowest BCUT2D eigenvalue weighted by atomic mass is 10.1. The standard InChI is InChI=1S/C10H17N.C9H18.C7H6F2/c1-4-6-7-8-10(3)9-11-5-2;1-4-5-6-7-8-9(2)3;1-5-2-6(8)4-7(9)3-5/h4-6,11H,2-3,7-9H2,1H3;4-5,9H,6-8H2,1-3H3;2-4H,1H3/b6-4-;5-4+;. The van der Waals surface area contributed by atoms with E-state index in [4.69, 9.17) is 0 Å². The number of aryl methyl sites for hydroxylation is 1. The SMILES string of the molecule is C/C=C/CCCC(C)C.C=CNCC(=C)CC/C=C\C.Cc1cc(F)cc(F)c1. The first-order chi connectivity index (χ1) is 13.8. The molecule has 1 nitrogen and oxygen atoms in total. The summed E-state index contributed by atoms with van der Waals surface area (Å²) >= 11 is 0. The van der Waals surface area contributed by atoms with Crippen LogP contribution in [0.15, 0.2) is 67.4 Å². The van der Waals surface area contributed by atoms with Gasteiger partial charge < -0.3 is 5.32 Å². The highest BCUT2D eigenvalue weighted by Crippen LogP contribution is 2.06. The van der Waals surface area contributed by atoms with Gasteiger partial charge in [-0.25, -0.2) is 8.78 Å². The first-order valence-electron chi connectivity index (χ1n) is 10.4. The Morgan fingerprint density at radius 1 is 1.03 bits per heavy atom. The van der Waals surface area contributed by atoms with Crippen molar-refractivity contribution < 1.29 is 8.78 Å². The summed E-state index contributed by atoms with van der Waals surface area (Å²) < 4.78 is 24.4. The van der Waals surface area contributed by atoms with Gasteiger partial charge in [0.05, 0.1) is 0 Å². The summed E-state index contributed by atoms with van der Waals surface area (Å²) in [5.74, 6) is -0.171. The van der Waals surface area contributed by atoms with Gasteiger partial charge in [-0.3, -0.25) is 0 Å². The molecular formula is C26H41F2N. The lowest BCUT2D eigenvalue weighted by Gasteiger charge is -2.02. The molecule has 0 amide bonds. The topological polar surface area (TPSA) is 12.0 Å². The van der Waals surface area contributed by atoms with E-state index in [1.165, 1.54) is 37.0 Å². The number of nitrogens with one attached hydrogen (secondary N) is 1. The predicted molar refractivity (Wildman–Crippen MR) is 126 cm³/mol. The summed E-state index contributed by atoms with van der Waals surface area (Å²) in [4.78, 5) is 0. The van der Waals surface area contributed by atoms with Crippen LogP contribution >= 0.6 is 0 Å². The summed E-state index contributed by atoms with van der Waals surface area (Å²) in [5, 5.41) is 3.02. The third kappa shape index (κ3) is 23.8. The van der Waals surface area contributed by atoms with Gasteiger partial charge in [-0.15, -0.1) is 0 Å². The van der Waals surface area contributed by atoms with Gasteiger partial charge in [0.1, 0.15) is 11.6 Å². The van der Waals surface area contributed by atoms with Crippen molar-refractivity contribution in [2.24, 2.45) is 5.92 Å². The van der Waals surface area contributed by atoms with Gasteiger partial charge in [0.2, 0.25) is 0 Å². The third-order valence-electron chi connectivity index (χ3n) is 3.79. The van der Waals surface area contributed by atoms with Gasteiger partial charge in [-0.2, -0.15) is 0 Å². The summed E-state index contributed by atoms with van der Waals surface area (Å²) in [6.45, 7) is 18.6. The molecule has 0 aliphatic carbocycles. The zero-order chi connectivity index (χ0) is 22.5. The zero-order valence-electron chi connectivity index (χ0n) is 19.1. The molecule has 0 aliphatic rings. The predicted octanol–water partition coefficient (Wildman–Crippen LogP) is 8.29. The number of hydrogen-bond donors (Lipinski definition) is 1. The number of halogens is 2. The van der Waals surface area contributed by atoms with Crippen LogP contribution in [0, 0.1) is 24.5 Å². The van der Waals surface area contributed by atoms with Crippen molar-refractivity contribution in [3.05, 3.63) is 84.6 Å². The summed E-state index contributed by atoms with van der Waals surface area (Å²) in [7, 11) is 0. The molecule has 1 aromatic carbocycles. The fourth-order valence-electron chi connectivity index (χ4n) is 2.26. The van der Waals surface area contributed by atoms with Crippen molar-refractivity contribution in [3.63, 3.8) is 0 Å². The van der Waals surface area contributed by atoms with Crippen LogP contribution in [0.5, 0.6) is 0 Å². The van der Waals surface area contributed by atoms with Crippen molar-refractivity contribution in [3.8, 4) is 0 Å². The molecular weight excluding hydrogens is 364 g/mol. The monoisotopic (exact) mass is 405 g/mol. The van der Waals surface area contributed by atoms with E-state index >= 15 is 0 Å². The Bertz CT molecular complexity index is 550. The lowest BCUT2D eigenvalue weighted by molar-refractivity contribution is 0.560. The van der Waals surface area contributed by atoms with Crippen LogP contribution in [-0.4, -0.2) is 6.54 Å². The van der Waals surface area contributed by atoms with E-state index in [-0.39, 0.29) is 0 Å². The fourth-order valence-corrected chi connectivity index (χ4v) is 2.26.